The predicted octanol–water partition coefficient (Wildman–Crippen LogP) is 2.75. The Morgan fingerprint density at radius 1 is 1.50 bits per heavy atom. The van der Waals surface area contributed by atoms with E-state index in [0.29, 0.717) is 5.92 Å². The second-order valence-electron chi connectivity index (χ2n) is 3.13. The van der Waals surface area contributed by atoms with E-state index in [1.54, 1.807) is 6.20 Å². The van der Waals surface area contributed by atoms with Crippen LogP contribution in [0, 0.1) is 0 Å². The van der Waals surface area contributed by atoms with Crippen molar-refractivity contribution in [3.63, 3.8) is 0 Å². The van der Waals surface area contributed by atoms with Crippen LogP contribution in [0.25, 0.3) is 5.57 Å². The molecule has 0 saturated heterocycles. The summed E-state index contributed by atoms with van der Waals surface area (Å²) in [7, 11) is 0. The van der Waals surface area contributed by atoms with E-state index in [0.717, 1.165) is 11.3 Å². The molecule has 0 bridgehead atoms. The topological polar surface area (TPSA) is 26.0 Å². The molecule has 0 saturated carbocycles. The number of allylic oxidation sites excluding steroid dienone is 4. The largest absolute Gasteiger partial charge is 0.356 e. The number of hydrogen-bond donors (Lipinski definition) is 0. The van der Waals surface area contributed by atoms with Crippen LogP contribution < -0.4 is 0 Å². The molecule has 1 aliphatic rings. The van der Waals surface area contributed by atoms with E-state index in [-0.39, 0.29) is 0 Å². The monoisotopic (exact) mass is 161 g/mol. The molecule has 1 atom stereocenters. The third-order valence-corrected chi connectivity index (χ3v) is 2.19. The first-order valence-electron chi connectivity index (χ1n) is 4.09. The van der Waals surface area contributed by atoms with Crippen molar-refractivity contribution >= 4 is 5.57 Å². The van der Waals surface area contributed by atoms with Gasteiger partial charge in [0.05, 0.1) is 6.20 Å². The molecule has 1 heterocycles. The number of fused-ring (bicyclic) bond motifs is 1. The van der Waals surface area contributed by atoms with Gasteiger partial charge in [0.1, 0.15) is 0 Å². The van der Waals surface area contributed by atoms with Gasteiger partial charge in [-0.3, -0.25) is 0 Å². The maximum absolute atomic E-state index is 5.16. The second kappa shape index (κ2) is 2.63. The minimum atomic E-state index is 0.403. The average molecular weight is 161 g/mol. The number of rotatable bonds is 0. The average Bonchev–Trinajstić information content (AvgIpc) is 2.47. The summed E-state index contributed by atoms with van der Waals surface area (Å²) in [6, 6.07) is 0. The van der Waals surface area contributed by atoms with Gasteiger partial charge in [-0.15, -0.1) is 0 Å². The van der Waals surface area contributed by atoms with Crippen molar-refractivity contribution in [3.05, 3.63) is 35.7 Å². The Labute approximate surface area is 71.6 Å². The normalized spacial score (nSPS) is 21.5. The Morgan fingerprint density at radius 2 is 2.33 bits per heavy atom. The third kappa shape index (κ3) is 0.998. The van der Waals surface area contributed by atoms with Crippen molar-refractivity contribution in [2.75, 3.05) is 0 Å². The molecule has 0 spiro atoms. The van der Waals surface area contributed by atoms with Crippen LogP contribution >= 0.6 is 0 Å². The first-order valence-corrected chi connectivity index (χ1v) is 4.09. The van der Waals surface area contributed by atoms with E-state index >= 15 is 0 Å². The SMILES string of the molecule is CC1=CC=CC(C)c2cnoc21. The lowest BCUT2D eigenvalue weighted by Crippen LogP contribution is -1.88. The minimum absolute atomic E-state index is 0.403. The Morgan fingerprint density at radius 3 is 3.17 bits per heavy atom. The van der Waals surface area contributed by atoms with Crippen molar-refractivity contribution in [1.82, 2.24) is 5.16 Å². The maximum Gasteiger partial charge on any atom is 0.166 e. The van der Waals surface area contributed by atoms with Gasteiger partial charge in [-0.1, -0.05) is 30.3 Å². The van der Waals surface area contributed by atoms with Gasteiger partial charge in [0.25, 0.3) is 0 Å². The van der Waals surface area contributed by atoms with Crippen LogP contribution in [0.1, 0.15) is 31.1 Å². The van der Waals surface area contributed by atoms with Crippen LogP contribution in [0.4, 0.5) is 0 Å². The highest BCUT2D eigenvalue weighted by atomic mass is 16.5. The van der Waals surface area contributed by atoms with E-state index in [2.05, 4.69) is 24.2 Å². The van der Waals surface area contributed by atoms with Crippen LogP contribution in [0.2, 0.25) is 0 Å². The molecule has 12 heavy (non-hydrogen) atoms. The predicted molar refractivity (Wildman–Crippen MR) is 47.7 cm³/mol. The summed E-state index contributed by atoms with van der Waals surface area (Å²) in [5.74, 6) is 1.33. The summed E-state index contributed by atoms with van der Waals surface area (Å²) in [4.78, 5) is 0. The van der Waals surface area contributed by atoms with Gasteiger partial charge >= 0.3 is 0 Å². The van der Waals surface area contributed by atoms with E-state index in [4.69, 9.17) is 4.52 Å². The second-order valence-corrected chi connectivity index (χ2v) is 3.13. The molecule has 1 unspecified atom stereocenters. The zero-order valence-electron chi connectivity index (χ0n) is 7.24. The van der Waals surface area contributed by atoms with E-state index in [1.165, 1.54) is 5.56 Å². The molecule has 1 aliphatic carbocycles. The molecule has 2 nitrogen and oxygen atoms in total. The molecule has 1 aromatic heterocycles. The van der Waals surface area contributed by atoms with Crippen LogP contribution in [0.15, 0.2) is 28.9 Å². The maximum atomic E-state index is 5.16. The van der Waals surface area contributed by atoms with Gasteiger partial charge in [0.15, 0.2) is 5.76 Å². The first-order chi connectivity index (χ1) is 5.79. The highest BCUT2D eigenvalue weighted by Gasteiger charge is 2.15. The Hall–Kier alpha value is -1.31. The molecule has 62 valence electrons. The minimum Gasteiger partial charge on any atom is -0.356 e. The van der Waals surface area contributed by atoms with Crippen LogP contribution in [0.5, 0.6) is 0 Å². The van der Waals surface area contributed by atoms with E-state index in [9.17, 15) is 0 Å². The molecular formula is C10H11NO. The summed E-state index contributed by atoms with van der Waals surface area (Å²) >= 11 is 0. The van der Waals surface area contributed by atoms with Gasteiger partial charge in [0, 0.05) is 11.5 Å². The first kappa shape index (κ1) is 7.35. The highest BCUT2D eigenvalue weighted by molar-refractivity contribution is 5.65. The molecule has 2 rings (SSSR count). The molecule has 2 heteroatoms. The van der Waals surface area contributed by atoms with Crippen molar-refractivity contribution < 1.29 is 4.52 Å². The molecular weight excluding hydrogens is 150 g/mol. The summed E-state index contributed by atoms with van der Waals surface area (Å²) in [5, 5.41) is 3.80. The summed E-state index contributed by atoms with van der Waals surface area (Å²) in [5.41, 5.74) is 2.32. The quantitative estimate of drug-likeness (QED) is 0.584. The summed E-state index contributed by atoms with van der Waals surface area (Å²) in [6.45, 7) is 4.17. The number of aromatic nitrogens is 1. The number of hydrogen-bond acceptors (Lipinski definition) is 2. The standard InChI is InChI=1S/C10H11NO/c1-7-4-3-5-8(2)10-9(7)6-11-12-10/h3-7H,1-2H3. The van der Waals surface area contributed by atoms with E-state index < -0.39 is 0 Å². The molecule has 0 amide bonds. The van der Waals surface area contributed by atoms with Crippen LogP contribution in [-0.4, -0.2) is 5.16 Å². The zero-order valence-corrected chi connectivity index (χ0v) is 7.24. The van der Waals surface area contributed by atoms with Gasteiger partial charge in [-0.05, 0) is 12.5 Å². The van der Waals surface area contributed by atoms with Gasteiger partial charge in [0.2, 0.25) is 0 Å². The lowest BCUT2D eigenvalue weighted by molar-refractivity contribution is 0.409. The molecule has 0 radical (unpaired) electrons. The van der Waals surface area contributed by atoms with Crippen molar-refractivity contribution in [3.8, 4) is 0 Å². The van der Waals surface area contributed by atoms with Crippen molar-refractivity contribution in [1.29, 1.82) is 0 Å². The lowest BCUT2D eigenvalue weighted by Gasteiger charge is -2.01. The molecule has 1 aromatic rings. The molecule has 0 N–H and O–H groups in total. The zero-order chi connectivity index (χ0) is 8.55. The van der Waals surface area contributed by atoms with Crippen molar-refractivity contribution in [2.45, 2.75) is 19.8 Å². The lowest BCUT2D eigenvalue weighted by atomic mass is 10.0. The number of nitrogens with zero attached hydrogens (tertiary/aromatic N) is 1. The van der Waals surface area contributed by atoms with Gasteiger partial charge in [-0.2, -0.15) is 0 Å². The molecule has 0 aromatic carbocycles. The third-order valence-electron chi connectivity index (χ3n) is 2.19. The fourth-order valence-electron chi connectivity index (χ4n) is 1.42. The van der Waals surface area contributed by atoms with Crippen LogP contribution in [0.3, 0.4) is 0 Å². The van der Waals surface area contributed by atoms with Gasteiger partial charge in [-0.25, -0.2) is 0 Å². The Kier molecular flexibility index (Phi) is 1.61. The summed E-state index contributed by atoms with van der Waals surface area (Å²) in [6.07, 6.45) is 8.06. The van der Waals surface area contributed by atoms with Gasteiger partial charge < -0.3 is 4.52 Å². The molecule has 0 fully saturated rings. The fourth-order valence-corrected chi connectivity index (χ4v) is 1.42. The van der Waals surface area contributed by atoms with Crippen molar-refractivity contribution in [2.24, 2.45) is 0 Å². The molecule has 0 aliphatic heterocycles. The van der Waals surface area contributed by atoms with E-state index in [1.807, 2.05) is 13.0 Å². The summed E-state index contributed by atoms with van der Waals surface area (Å²) < 4.78 is 5.16. The van der Waals surface area contributed by atoms with Crippen LogP contribution in [-0.2, 0) is 0 Å². The fraction of sp³-hybridized carbons (Fsp3) is 0.300. The Balaban J connectivity index is 2.58. The smallest absolute Gasteiger partial charge is 0.166 e. The highest BCUT2D eigenvalue weighted by Crippen LogP contribution is 2.28. The Bertz CT molecular complexity index is 346.